The highest BCUT2D eigenvalue weighted by molar-refractivity contribution is 7.12. The van der Waals surface area contributed by atoms with Gasteiger partial charge in [-0.25, -0.2) is 0 Å². The van der Waals surface area contributed by atoms with Crippen LogP contribution in [-0.4, -0.2) is 36.5 Å². The monoisotopic (exact) mass is 281 g/mol. The Labute approximate surface area is 117 Å². The number of likely N-dealkylation sites (tertiary alicyclic amines) is 1. The molecule has 0 aromatic carbocycles. The lowest BCUT2D eigenvalue weighted by atomic mass is 9.97. The van der Waals surface area contributed by atoms with Gasteiger partial charge in [0.1, 0.15) is 0 Å². The fourth-order valence-corrected chi connectivity index (χ4v) is 3.21. The number of piperidine rings is 1. The van der Waals surface area contributed by atoms with Gasteiger partial charge in [-0.15, -0.1) is 11.3 Å². The highest BCUT2D eigenvalue weighted by Gasteiger charge is 2.29. The molecule has 0 unspecified atom stereocenters. The van der Waals surface area contributed by atoms with Crippen molar-refractivity contribution >= 4 is 23.2 Å². The van der Waals surface area contributed by atoms with Crippen molar-refractivity contribution < 1.29 is 14.3 Å². The lowest BCUT2D eigenvalue weighted by Gasteiger charge is -2.30. The first kappa shape index (κ1) is 14.1. The van der Waals surface area contributed by atoms with Crippen LogP contribution in [0.3, 0.4) is 0 Å². The van der Waals surface area contributed by atoms with Crippen LogP contribution in [0.2, 0.25) is 0 Å². The van der Waals surface area contributed by atoms with Crippen LogP contribution in [-0.2, 0) is 9.53 Å². The second-order valence-electron chi connectivity index (χ2n) is 4.75. The summed E-state index contributed by atoms with van der Waals surface area (Å²) in [6.45, 7) is 5.47. The molecule has 0 N–H and O–H groups in total. The number of carbonyl (C=O) groups excluding carboxylic acids is 2. The molecule has 104 valence electrons. The maximum Gasteiger partial charge on any atom is 0.309 e. The molecule has 0 radical (unpaired) electrons. The van der Waals surface area contributed by atoms with Gasteiger partial charge in [0.05, 0.1) is 17.4 Å². The standard InChI is InChI=1S/C14H19NO3S/c1-3-18-14(17)11-4-7-15(8-5-11)13(16)12-10(2)6-9-19-12/h6,9,11H,3-5,7-8H2,1-2H3. The Kier molecular flexibility index (Phi) is 4.58. The zero-order chi connectivity index (χ0) is 13.8. The first-order chi connectivity index (χ1) is 9.13. The Balaban J connectivity index is 1.92. The average Bonchev–Trinajstić information content (AvgIpc) is 2.84. The van der Waals surface area contributed by atoms with Gasteiger partial charge in [-0.1, -0.05) is 0 Å². The number of amides is 1. The molecule has 19 heavy (non-hydrogen) atoms. The van der Waals surface area contributed by atoms with Crippen molar-refractivity contribution in [3.05, 3.63) is 21.9 Å². The van der Waals surface area contributed by atoms with E-state index in [1.54, 1.807) is 0 Å². The number of esters is 1. The summed E-state index contributed by atoms with van der Waals surface area (Å²) < 4.78 is 5.03. The molecule has 1 amide bonds. The van der Waals surface area contributed by atoms with E-state index in [0.29, 0.717) is 32.5 Å². The van der Waals surface area contributed by atoms with Crippen LogP contribution in [0.15, 0.2) is 11.4 Å². The molecule has 0 aliphatic carbocycles. The van der Waals surface area contributed by atoms with Gasteiger partial charge < -0.3 is 9.64 Å². The second kappa shape index (κ2) is 6.19. The van der Waals surface area contributed by atoms with Gasteiger partial charge in [-0.05, 0) is 43.7 Å². The van der Waals surface area contributed by atoms with Crippen molar-refractivity contribution in [2.45, 2.75) is 26.7 Å². The number of rotatable bonds is 3. The van der Waals surface area contributed by atoms with E-state index in [9.17, 15) is 9.59 Å². The van der Waals surface area contributed by atoms with E-state index in [1.165, 1.54) is 11.3 Å². The number of thiophene rings is 1. The molecule has 1 aromatic rings. The van der Waals surface area contributed by atoms with Crippen molar-refractivity contribution in [1.82, 2.24) is 4.90 Å². The third-order valence-corrected chi connectivity index (χ3v) is 4.46. The van der Waals surface area contributed by atoms with Crippen molar-refractivity contribution in [3.8, 4) is 0 Å². The molecule has 2 heterocycles. The van der Waals surface area contributed by atoms with Crippen LogP contribution >= 0.6 is 11.3 Å². The van der Waals surface area contributed by atoms with Crippen molar-refractivity contribution in [3.63, 3.8) is 0 Å². The van der Waals surface area contributed by atoms with Gasteiger partial charge in [0.25, 0.3) is 5.91 Å². The fraction of sp³-hybridized carbons (Fsp3) is 0.571. The summed E-state index contributed by atoms with van der Waals surface area (Å²) in [5, 5.41) is 1.94. The third-order valence-electron chi connectivity index (χ3n) is 3.46. The van der Waals surface area contributed by atoms with Gasteiger partial charge >= 0.3 is 5.97 Å². The Bertz CT molecular complexity index is 461. The summed E-state index contributed by atoms with van der Waals surface area (Å²) in [6, 6.07) is 1.96. The summed E-state index contributed by atoms with van der Waals surface area (Å²) >= 11 is 1.48. The maximum atomic E-state index is 12.3. The summed E-state index contributed by atoms with van der Waals surface area (Å²) in [6.07, 6.45) is 1.41. The molecule has 1 aromatic heterocycles. The molecule has 1 fully saturated rings. The Hall–Kier alpha value is -1.36. The predicted molar refractivity (Wildman–Crippen MR) is 74.3 cm³/mol. The van der Waals surface area contributed by atoms with E-state index in [1.807, 2.05) is 30.2 Å². The Morgan fingerprint density at radius 3 is 2.63 bits per heavy atom. The molecule has 4 nitrogen and oxygen atoms in total. The lowest BCUT2D eigenvalue weighted by molar-refractivity contribution is -0.149. The normalized spacial score (nSPS) is 16.4. The largest absolute Gasteiger partial charge is 0.466 e. The van der Waals surface area contributed by atoms with E-state index < -0.39 is 0 Å². The van der Waals surface area contributed by atoms with Crippen LogP contribution in [0.5, 0.6) is 0 Å². The zero-order valence-electron chi connectivity index (χ0n) is 11.3. The number of aryl methyl sites for hydroxylation is 1. The minimum atomic E-state index is -0.123. The predicted octanol–water partition coefficient (Wildman–Crippen LogP) is 2.47. The van der Waals surface area contributed by atoms with Gasteiger partial charge in [-0.3, -0.25) is 9.59 Å². The maximum absolute atomic E-state index is 12.3. The lowest BCUT2D eigenvalue weighted by Crippen LogP contribution is -2.40. The molecule has 1 aliphatic heterocycles. The Morgan fingerprint density at radius 1 is 1.42 bits per heavy atom. The molecular weight excluding hydrogens is 262 g/mol. The van der Waals surface area contributed by atoms with Crippen LogP contribution in [0.25, 0.3) is 0 Å². The molecule has 0 bridgehead atoms. The molecule has 1 aliphatic rings. The zero-order valence-corrected chi connectivity index (χ0v) is 12.2. The van der Waals surface area contributed by atoms with Crippen LogP contribution in [0.4, 0.5) is 0 Å². The molecular formula is C14H19NO3S. The first-order valence-corrected chi connectivity index (χ1v) is 7.51. The molecule has 0 atom stereocenters. The quantitative estimate of drug-likeness (QED) is 0.800. The number of carbonyl (C=O) groups is 2. The van der Waals surface area contributed by atoms with E-state index in [-0.39, 0.29) is 17.8 Å². The summed E-state index contributed by atoms with van der Waals surface area (Å²) in [5.41, 5.74) is 1.03. The summed E-state index contributed by atoms with van der Waals surface area (Å²) in [7, 11) is 0. The third kappa shape index (κ3) is 3.15. The van der Waals surface area contributed by atoms with E-state index in [2.05, 4.69) is 0 Å². The van der Waals surface area contributed by atoms with Gasteiger partial charge in [0, 0.05) is 13.1 Å². The molecule has 5 heteroatoms. The van der Waals surface area contributed by atoms with E-state index in [0.717, 1.165) is 10.4 Å². The molecule has 1 saturated heterocycles. The molecule has 0 spiro atoms. The van der Waals surface area contributed by atoms with E-state index >= 15 is 0 Å². The fourth-order valence-electron chi connectivity index (χ4n) is 2.31. The van der Waals surface area contributed by atoms with Crippen LogP contribution in [0, 0.1) is 12.8 Å². The topological polar surface area (TPSA) is 46.6 Å². The minimum absolute atomic E-state index is 0.0477. The summed E-state index contributed by atoms with van der Waals surface area (Å²) in [5.74, 6) is -0.0786. The minimum Gasteiger partial charge on any atom is -0.466 e. The number of hydrogen-bond donors (Lipinski definition) is 0. The number of nitrogens with zero attached hydrogens (tertiary/aromatic N) is 1. The number of ether oxygens (including phenoxy) is 1. The number of hydrogen-bond acceptors (Lipinski definition) is 4. The highest BCUT2D eigenvalue weighted by Crippen LogP contribution is 2.23. The van der Waals surface area contributed by atoms with Crippen molar-refractivity contribution in [1.29, 1.82) is 0 Å². The highest BCUT2D eigenvalue weighted by atomic mass is 32.1. The van der Waals surface area contributed by atoms with Crippen molar-refractivity contribution in [2.75, 3.05) is 19.7 Å². The van der Waals surface area contributed by atoms with Gasteiger partial charge in [0.15, 0.2) is 0 Å². The summed E-state index contributed by atoms with van der Waals surface area (Å²) in [4.78, 5) is 26.6. The molecule has 0 saturated carbocycles. The first-order valence-electron chi connectivity index (χ1n) is 6.63. The van der Waals surface area contributed by atoms with Crippen LogP contribution < -0.4 is 0 Å². The second-order valence-corrected chi connectivity index (χ2v) is 5.67. The van der Waals surface area contributed by atoms with Crippen molar-refractivity contribution in [2.24, 2.45) is 5.92 Å². The van der Waals surface area contributed by atoms with Gasteiger partial charge in [0.2, 0.25) is 0 Å². The Morgan fingerprint density at radius 2 is 2.11 bits per heavy atom. The van der Waals surface area contributed by atoms with E-state index in [4.69, 9.17) is 4.74 Å². The van der Waals surface area contributed by atoms with Gasteiger partial charge in [-0.2, -0.15) is 0 Å². The smallest absolute Gasteiger partial charge is 0.309 e. The average molecular weight is 281 g/mol. The van der Waals surface area contributed by atoms with Crippen LogP contribution in [0.1, 0.15) is 35.0 Å². The molecule has 2 rings (SSSR count). The SMILES string of the molecule is CCOC(=O)C1CCN(C(=O)c2sccc2C)CC1.